The van der Waals surface area contributed by atoms with Crippen LogP contribution in [-0.4, -0.2) is 54.4 Å². The van der Waals surface area contributed by atoms with Crippen molar-refractivity contribution in [3.63, 3.8) is 0 Å². The topological polar surface area (TPSA) is 67.6 Å². The van der Waals surface area contributed by atoms with Crippen molar-refractivity contribution in [3.05, 3.63) is 41.6 Å². The minimum atomic E-state index is -0.771. The zero-order valence-corrected chi connectivity index (χ0v) is 17.1. The lowest BCUT2D eigenvalue weighted by molar-refractivity contribution is -0.0130. The van der Waals surface area contributed by atoms with Crippen LogP contribution in [-0.2, 0) is 4.74 Å². The number of benzene rings is 1. The average Bonchev–Trinajstić information content (AvgIpc) is 3.24. The van der Waals surface area contributed by atoms with Gasteiger partial charge in [-0.15, -0.1) is 0 Å². The summed E-state index contributed by atoms with van der Waals surface area (Å²) in [7, 11) is 1.67. The van der Waals surface area contributed by atoms with Crippen LogP contribution in [0.25, 0.3) is 11.3 Å². The molecule has 8 heteroatoms. The quantitative estimate of drug-likeness (QED) is 0.799. The zero-order chi connectivity index (χ0) is 21.1. The number of carbonyl (C=O) groups excluding carboxylic acids is 1. The molecule has 0 unspecified atom stereocenters. The van der Waals surface area contributed by atoms with Crippen molar-refractivity contribution in [2.24, 2.45) is 0 Å². The van der Waals surface area contributed by atoms with Gasteiger partial charge in [0.05, 0.1) is 17.7 Å². The van der Waals surface area contributed by atoms with Gasteiger partial charge in [-0.05, 0) is 31.4 Å². The lowest BCUT2D eigenvalue weighted by Gasteiger charge is -2.43. The highest BCUT2D eigenvalue weighted by atomic mass is 19.1. The van der Waals surface area contributed by atoms with Gasteiger partial charge in [-0.3, -0.25) is 9.69 Å². The van der Waals surface area contributed by atoms with Gasteiger partial charge < -0.3 is 14.6 Å². The smallest absolute Gasteiger partial charge is 0.273 e. The largest absolute Gasteiger partial charge is 0.378 e. The summed E-state index contributed by atoms with van der Waals surface area (Å²) in [5.41, 5.74) is 0.108. The molecule has 2 aliphatic rings. The first-order valence-corrected chi connectivity index (χ1v) is 10.5. The standard InChI is InChI=1S/C22H27F2N3O3/c1-29-21-13-27(15-5-3-2-4-6-15)10-9-18(21)25-22(28)19-12-20(30-26-19)16-8-7-14(23)11-17(16)24/h7-8,11-12,15,18,21H,2-6,9-10,13H2,1H3,(H,25,28)/t18-,21-/m0/s1. The monoisotopic (exact) mass is 419 g/mol. The Labute approximate surface area is 174 Å². The average molecular weight is 419 g/mol. The molecule has 4 rings (SSSR count). The highest BCUT2D eigenvalue weighted by Crippen LogP contribution is 2.27. The molecule has 1 aromatic carbocycles. The molecule has 2 fully saturated rings. The van der Waals surface area contributed by atoms with Gasteiger partial charge in [0.15, 0.2) is 11.5 Å². The number of ether oxygens (including phenoxy) is 1. The summed E-state index contributed by atoms with van der Waals surface area (Å²) >= 11 is 0. The number of hydrogen-bond donors (Lipinski definition) is 1. The molecule has 1 amide bonds. The maximum atomic E-state index is 14.0. The molecule has 1 aliphatic heterocycles. The first kappa shape index (κ1) is 20.9. The van der Waals surface area contributed by atoms with Gasteiger partial charge in [-0.25, -0.2) is 8.78 Å². The predicted octanol–water partition coefficient (Wildman–Crippen LogP) is 3.77. The second-order valence-electron chi connectivity index (χ2n) is 8.13. The van der Waals surface area contributed by atoms with Crippen molar-refractivity contribution in [1.82, 2.24) is 15.4 Å². The number of methoxy groups -OCH3 is 1. The van der Waals surface area contributed by atoms with Crippen LogP contribution in [0.4, 0.5) is 8.78 Å². The van der Waals surface area contributed by atoms with Gasteiger partial charge in [0.25, 0.3) is 5.91 Å². The predicted molar refractivity (Wildman–Crippen MR) is 107 cm³/mol. The van der Waals surface area contributed by atoms with Crippen LogP contribution in [0, 0.1) is 11.6 Å². The molecule has 30 heavy (non-hydrogen) atoms. The van der Waals surface area contributed by atoms with Gasteiger partial charge in [0, 0.05) is 38.4 Å². The third-order valence-corrected chi connectivity index (χ3v) is 6.24. The fourth-order valence-electron chi connectivity index (χ4n) is 4.56. The molecule has 2 aromatic rings. The SMILES string of the molecule is CO[C@H]1CN(C2CCCCC2)CC[C@@H]1NC(=O)c1cc(-c2ccc(F)cc2F)on1. The summed E-state index contributed by atoms with van der Waals surface area (Å²) in [5, 5.41) is 6.74. The molecule has 0 spiro atoms. The number of amides is 1. The molecule has 2 heterocycles. The van der Waals surface area contributed by atoms with E-state index in [1.54, 1.807) is 7.11 Å². The van der Waals surface area contributed by atoms with Crippen LogP contribution in [0.15, 0.2) is 28.8 Å². The number of halogens is 2. The number of nitrogens with zero attached hydrogens (tertiary/aromatic N) is 2. The van der Waals surface area contributed by atoms with Crippen LogP contribution in [0.3, 0.4) is 0 Å². The Hall–Kier alpha value is -2.32. The normalized spacial score (nSPS) is 23.4. The molecule has 1 saturated heterocycles. The maximum Gasteiger partial charge on any atom is 0.273 e. The van der Waals surface area contributed by atoms with Gasteiger partial charge in [-0.2, -0.15) is 0 Å². The van der Waals surface area contributed by atoms with E-state index in [4.69, 9.17) is 9.26 Å². The van der Waals surface area contributed by atoms with Crippen molar-refractivity contribution in [2.45, 2.75) is 56.7 Å². The Balaban J connectivity index is 1.39. The number of rotatable bonds is 5. The summed E-state index contributed by atoms with van der Waals surface area (Å²) in [6.45, 7) is 1.71. The Morgan fingerprint density at radius 3 is 2.73 bits per heavy atom. The van der Waals surface area contributed by atoms with E-state index in [0.717, 1.165) is 31.6 Å². The van der Waals surface area contributed by atoms with Crippen molar-refractivity contribution < 1.29 is 22.8 Å². The summed E-state index contributed by atoms with van der Waals surface area (Å²) in [6, 6.07) is 4.99. The Morgan fingerprint density at radius 2 is 2.00 bits per heavy atom. The highest BCUT2D eigenvalue weighted by molar-refractivity contribution is 5.93. The third-order valence-electron chi connectivity index (χ3n) is 6.24. The van der Waals surface area contributed by atoms with Crippen molar-refractivity contribution in [3.8, 4) is 11.3 Å². The number of piperidine rings is 1. The Bertz CT molecular complexity index is 882. The number of nitrogens with one attached hydrogen (secondary N) is 1. The van der Waals surface area contributed by atoms with Gasteiger partial charge in [0.1, 0.15) is 11.6 Å². The van der Waals surface area contributed by atoms with Crippen LogP contribution in [0.5, 0.6) is 0 Å². The molecule has 1 aliphatic carbocycles. The number of carbonyl (C=O) groups is 1. The molecule has 1 N–H and O–H groups in total. The van der Waals surface area contributed by atoms with E-state index in [0.29, 0.717) is 6.04 Å². The third kappa shape index (κ3) is 4.54. The summed E-state index contributed by atoms with van der Waals surface area (Å²) in [5.74, 6) is -1.77. The first-order chi connectivity index (χ1) is 14.5. The fourth-order valence-corrected chi connectivity index (χ4v) is 4.56. The van der Waals surface area contributed by atoms with Crippen LogP contribution >= 0.6 is 0 Å². The lowest BCUT2D eigenvalue weighted by Crippen LogP contribution is -2.57. The molecule has 1 saturated carbocycles. The molecular weight excluding hydrogens is 392 g/mol. The Kier molecular flexibility index (Phi) is 6.43. The highest BCUT2D eigenvalue weighted by Gasteiger charge is 2.34. The lowest BCUT2D eigenvalue weighted by atomic mass is 9.91. The van der Waals surface area contributed by atoms with Gasteiger partial charge in [-0.1, -0.05) is 24.4 Å². The molecule has 162 valence electrons. The van der Waals surface area contributed by atoms with Crippen LogP contribution < -0.4 is 5.32 Å². The zero-order valence-electron chi connectivity index (χ0n) is 17.1. The van der Waals surface area contributed by atoms with Crippen molar-refractivity contribution in [1.29, 1.82) is 0 Å². The Morgan fingerprint density at radius 1 is 1.20 bits per heavy atom. The van der Waals surface area contributed by atoms with E-state index in [1.807, 2.05) is 0 Å². The van der Waals surface area contributed by atoms with E-state index in [1.165, 1.54) is 44.2 Å². The van der Waals surface area contributed by atoms with E-state index < -0.39 is 17.5 Å². The number of likely N-dealkylation sites (tertiary alicyclic amines) is 1. The van der Waals surface area contributed by atoms with Gasteiger partial charge >= 0.3 is 0 Å². The minimum absolute atomic E-state index is 0.0540. The van der Waals surface area contributed by atoms with Crippen molar-refractivity contribution >= 4 is 5.91 Å². The number of hydrogen-bond acceptors (Lipinski definition) is 5. The van der Waals surface area contributed by atoms with E-state index in [9.17, 15) is 13.6 Å². The molecular formula is C22H27F2N3O3. The van der Waals surface area contributed by atoms with E-state index in [2.05, 4.69) is 15.4 Å². The maximum absolute atomic E-state index is 14.0. The van der Waals surface area contributed by atoms with Crippen molar-refractivity contribution in [2.75, 3.05) is 20.2 Å². The minimum Gasteiger partial charge on any atom is -0.378 e. The fraction of sp³-hybridized carbons (Fsp3) is 0.545. The molecule has 6 nitrogen and oxygen atoms in total. The molecule has 0 radical (unpaired) electrons. The second kappa shape index (κ2) is 9.22. The summed E-state index contributed by atoms with van der Waals surface area (Å²) in [4.78, 5) is 15.2. The summed E-state index contributed by atoms with van der Waals surface area (Å²) in [6.07, 6.45) is 7.02. The van der Waals surface area contributed by atoms with E-state index >= 15 is 0 Å². The molecule has 0 bridgehead atoms. The van der Waals surface area contributed by atoms with E-state index in [-0.39, 0.29) is 29.2 Å². The molecule has 2 atom stereocenters. The van der Waals surface area contributed by atoms with Crippen LogP contribution in [0.1, 0.15) is 49.0 Å². The number of aromatic nitrogens is 1. The van der Waals surface area contributed by atoms with Gasteiger partial charge in [0.2, 0.25) is 0 Å². The second-order valence-corrected chi connectivity index (χ2v) is 8.13. The first-order valence-electron chi connectivity index (χ1n) is 10.5. The molecule has 1 aromatic heterocycles. The van der Waals surface area contributed by atoms with Crippen LogP contribution in [0.2, 0.25) is 0 Å². The summed E-state index contributed by atoms with van der Waals surface area (Å²) < 4.78 is 37.9.